The van der Waals surface area contributed by atoms with Gasteiger partial charge in [0.25, 0.3) is 5.56 Å². The highest BCUT2D eigenvalue weighted by atomic mass is 16.2. The molecule has 1 fully saturated rings. The summed E-state index contributed by atoms with van der Waals surface area (Å²) in [5.41, 5.74) is 4.39. The molecule has 39 heavy (non-hydrogen) atoms. The van der Waals surface area contributed by atoms with Gasteiger partial charge in [0.15, 0.2) is 5.82 Å². The molecule has 8 nitrogen and oxygen atoms in total. The van der Waals surface area contributed by atoms with Crippen molar-refractivity contribution in [3.63, 3.8) is 0 Å². The Kier molecular flexibility index (Phi) is 6.91. The molecule has 1 aliphatic heterocycles. The predicted octanol–water partition coefficient (Wildman–Crippen LogP) is 4.49. The standard InChI is InChI=1S/C31H30N6O2/c38-29(33-19-26-17-25-18-32-14-11-27(25)35-26)21-37-28(24-9-5-2-6-10-24)20-34-30(31(37)39)36-15-12-23(13-16-36)22-7-3-1-4-8-22/h1-11,14,17-18,20,23,35H,12-13,15-16,19,21H2,(H,33,38). The van der Waals surface area contributed by atoms with Crippen LogP contribution in [0.15, 0.2) is 96.2 Å². The molecule has 0 saturated carbocycles. The average molecular weight is 519 g/mol. The van der Waals surface area contributed by atoms with Gasteiger partial charge in [0.2, 0.25) is 5.91 Å². The van der Waals surface area contributed by atoms with Gasteiger partial charge in [-0.05, 0) is 42.0 Å². The SMILES string of the molecule is O=C(Cn1c(-c2ccccc2)cnc(N2CCC(c3ccccc3)CC2)c1=O)NCc1cc2cnccc2[nH]1. The van der Waals surface area contributed by atoms with Crippen LogP contribution in [0.4, 0.5) is 5.82 Å². The second-order valence-corrected chi connectivity index (χ2v) is 9.93. The number of aromatic amines is 1. The van der Waals surface area contributed by atoms with Crippen molar-refractivity contribution in [1.82, 2.24) is 24.8 Å². The molecule has 4 heterocycles. The molecule has 6 rings (SSSR count). The summed E-state index contributed by atoms with van der Waals surface area (Å²) in [5.74, 6) is 0.627. The van der Waals surface area contributed by atoms with Crippen LogP contribution in [0.3, 0.4) is 0 Å². The van der Waals surface area contributed by atoms with E-state index in [9.17, 15) is 9.59 Å². The Hall–Kier alpha value is -4.72. The van der Waals surface area contributed by atoms with Gasteiger partial charge >= 0.3 is 0 Å². The predicted molar refractivity (Wildman–Crippen MR) is 153 cm³/mol. The van der Waals surface area contributed by atoms with E-state index in [4.69, 9.17) is 0 Å². The van der Waals surface area contributed by atoms with Crippen LogP contribution in [0.2, 0.25) is 0 Å². The van der Waals surface area contributed by atoms with Crippen LogP contribution in [-0.2, 0) is 17.9 Å². The lowest BCUT2D eigenvalue weighted by molar-refractivity contribution is -0.121. The maximum atomic E-state index is 13.8. The zero-order valence-corrected chi connectivity index (χ0v) is 21.6. The molecule has 2 aromatic carbocycles. The van der Waals surface area contributed by atoms with Crippen LogP contribution in [0.1, 0.15) is 30.0 Å². The number of anilines is 1. The zero-order valence-electron chi connectivity index (χ0n) is 21.6. The van der Waals surface area contributed by atoms with Crippen molar-refractivity contribution in [3.8, 4) is 11.3 Å². The minimum atomic E-state index is -0.249. The Morgan fingerprint density at radius 3 is 2.46 bits per heavy atom. The molecule has 0 unspecified atom stereocenters. The van der Waals surface area contributed by atoms with Crippen molar-refractivity contribution in [1.29, 1.82) is 0 Å². The largest absolute Gasteiger partial charge is 0.357 e. The number of hydrogen-bond acceptors (Lipinski definition) is 5. The summed E-state index contributed by atoms with van der Waals surface area (Å²) in [6, 6.07) is 24.0. The molecule has 0 spiro atoms. The highest BCUT2D eigenvalue weighted by Crippen LogP contribution is 2.29. The van der Waals surface area contributed by atoms with Gasteiger partial charge in [0.05, 0.1) is 18.4 Å². The minimum Gasteiger partial charge on any atom is -0.357 e. The molecule has 2 N–H and O–H groups in total. The van der Waals surface area contributed by atoms with E-state index < -0.39 is 0 Å². The molecule has 1 saturated heterocycles. The van der Waals surface area contributed by atoms with Crippen molar-refractivity contribution >= 4 is 22.6 Å². The van der Waals surface area contributed by atoms with E-state index in [2.05, 4.69) is 49.4 Å². The van der Waals surface area contributed by atoms with Crippen LogP contribution < -0.4 is 15.8 Å². The summed E-state index contributed by atoms with van der Waals surface area (Å²) in [6.45, 7) is 1.72. The second-order valence-electron chi connectivity index (χ2n) is 9.93. The highest BCUT2D eigenvalue weighted by molar-refractivity contribution is 5.80. The molecular formula is C31H30N6O2. The third kappa shape index (κ3) is 5.31. The van der Waals surface area contributed by atoms with Crippen molar-refractivity contribution < 1.29 is 4.79 Å². The Labute approximate surface area is 226 Å². The third-order valence-electron chi connectivity index (χ3n) is 7.43. The number of aromatic nitrogens is 4. The van der Waals surface area contributed by atoms with E-state index in [-0.39, 0.29) is 18.0 Å². The first-order valence-electron chi connectivity index (χ1n) is 13.3. The monoisotopic (exact) mass is 518 g/mol. The van der Waals surface area contributed by atoms with Crippen molar-refractivity contribution in [2.45, 2.75) is 31.8 Å². The fourth-order valence-electron chi connectivity index (χ4n) is 5.36. The lowest BCUT2D eigenvalue weighted by Gasteiger charge is -2.33. The number of hydrogen-bond donors (Lipinski definition) is 2. The first-order valence-corrected chi connectivity index (χ1v) is 13.3. The van der Waals surface area contributed by atoms with Crippen LogP contribution >= 0.6 is 0 Å². The Bertz CT molecular complexity index is 1600. The summed E-state index contributed by atoms with van der Waals surface area (Å²) in [7, 11) is 0. The summed E-state index contributed by atoms with van der Waals surface area (Å²) in [6.07, 6.45) is 7.12. The highest BCUT2D eigenvalue weighted by Gasteiger charge is 2.25. The first-order chi connectivity index (χ1) is 19.2. The van der Waals surface area contributed by atoms with Crippen molar-refractivity contribution in [2.75, 3.05) is 18.0 Å². The average Bonchev–Trinajstić information content (AvgIpc) is 3.41. The van der Waals surface area contributed by atoms with E-state index in [1.54, 1.807) is 23.2 Å². The normalized spacial score (nSPS) is 14.0. The summed E-state index contributed by atoms with van der Waals surface area (Å²) < 4.78 is 1.55. The Balaban J connectivity index is 1.22. The van der Waals surface area contributed by atoms with E-state index in [1.807, 2.05) is 48.5 Å². The molecule has 0 aliphatic carbocycles. The minimum absolute atomic E-state index is 0.0964. The lowest BCUT2D eigenvalue weighted by atomic mass is 9.89. The zero-order chi connectivity index (χ0) is 26.6. The third-order valence-corrected chi connectivity index (χ3v) is 7.43. The molecule has 0 bridgehead atoms. The molecule has 8 heteroatoms. The summed E-state index contributed by atoms with van der Waals surface area (Å²) >= 11 is 0. The van der Waals surface area contributed by atoms with Gasteiger partial charge in [0.1, 0.15) is 6.54 Å². The fraction of sp³-hybridized carbons (Fsp3) is 0.226. The van der Waals surface area contributed by atoms with E-state index in [0.29, 0.717) is 24.0 Å². The lowest BCUT2D eigenvalue weighted by Crippen LogP contribution is -2.40. The molecule has 1 amide bonds. The van der Waals surface area contributed by atoms with E-state index in [1.165, 1.54) is 5.56 Å². The van der Waals surface area contributed by atoms with Crippen LogP contribution in [0.5, 0.6) is 0 Å². The number of H-pyrrole nitrogens is 1. The van der Waals surface area contributed by atoms with Crippen LogP contribution in [0.25, 0.3) is 22.2 Å². The van der Waals surface area contributed by atoms with E-state index >= 15 is 0 Å². The maximum Gasteiger partial charge on any atom is 0.294 e. The van der Waals surface area contributed by atoms with Crippen LogP contribution in [0, 0.1) is 0 Å². The molecule has 0 radical (unpaired) electrons. The first kappa shape index (κ1) is 24.6. The number of piperidine rings is 1. The maximum absolute atomic E-state index is 13.8. The summed E-state index contributed by atoms with van der Waals surface area (Å²) in [4.78, 5) is 41.0. The van der Waals surface area contributed by atoms with Gasteiger partial charge in [-0.3, -0.25) is 19.1 Å². The van der Waals surface area contributed by atoms with Crippen molar-refractivity contribution in [2.24, 2.45) is 0 Å². The van der Waals surface area contributed by atoms with Crippen molar-refractivity contribution in [3.05, 3.63) is 113 Å². The molecule has 196 valence electrons. The smallest absolute Gasteiger partial charge is 0.294 e. The number of pyridine rings is 1. The number of rotatable bonds is 7. The van der Waals surface area contributed by atoms with Gasteiger partial charge < -0.3 is 15.2 Å². The molecule has 0 atom stereocenters. The topological polar surface area (TPSA) is 95.9 Å². The molecule has 3 aromatic heterocycles. The van der Waals surface area contributed by atoms with Gasteiger partial charge in [-0.15, -0.1) is 0 Å². The number of amides is 1. The second kappa shape index (κ2) is 10.9. The number of nitrogens with one attached hydrogen (secondary N) is 2. The molecular weight excluding hydrogens is 488 g/mol. The molecule has 5 aromatic rings. The number of fused-ring (bicyclic) bond motifs is 1. The van der Waals surface area contributed by atoms with Gasteiger partial charge in [-0.1, -0.05) is 60.7 Å². The van der Waals surface area contributed by atoms with E-state index in [0.717, 1.165) is 48.1 Å². The Morgan fingerprint density at radius 1 is 0.974 bits per heavy atom. The van der Waals surface area contributed by atoms with Gasteiger partial charge in [-0.25, -0.2) is 4.98 Å². The Morgan fingerprint density at radius 2 is 1.72 bits per heavy atom. The number of nitrogens with zero attached hydrogens (tertiary/aromatic N) is 4. The van der Waals surface area contributed by atoms with Gasteiger partial charge in [0, 0.05) is 42.1 Å². The number of carbonyl (C=O) groups excluding carboxylic acids is 1. The number of benzene rings is 2. The number of carbonyl (C=O) groups is 1. The van der Waals surface area contributed by atoms with Gasteiger partial charge in [-0.2, -0.15) is 0 Å². The fourth-order valence-corrected chi connectivity index (χ4v) is 5.36. The summed E-state index contributed by atoms with van der Waals surface area (Å²) in [5, 5.41) is 3.94. The quantitative estimate of drug-likeness (QED) is 0.331. The molecule has 1 aliphatic rings. The van der Waals surface area contributed by atoms with Crippen LogP contribution in [-0.4, -0.2) is 38.5 Å².